The lowest BCUT2D eigenvalue weighted by molar-refractivity contribution is -0.137. The molecule has 1 aromatic carbocycles. The maximum atomic E-state index is 13.2. The molecule has 0 aliphatic rings. The number of alkyl halides is 3. The van der Waals surface area contributed by atoms with Crippen molar-refractivity contribution >= 4 is 5.69 Å². The standard InChI is InChI=1S/C12H8F4N2/c13-10-6-18-5-9(11(10)17)7-2-1-3-8(4-7)12(14,15)16/h1-6H,(H2,17,18). The summed E-state index contributed by atoms with van der Waals surface area (Å²) in [5, 5.41) is 0. The number of hydrogen-bond acceptors (Lipinski definition) is 2. The summed E-state index contributed by atoms with van der Waals surface area (Å²) in [5.74, 6) is -0.759. The zero-order valence-electron chi connectivity index (χ0n) is 9.00. The first kappa shape index (κ1) is 12.3. The van der Waals surface area contributed by atoms with Gasteiger partial charge in [0.15, 0.2) is 5.82 Å². The van der Waals surface area contributed by atoms with E-state index in [1.54, 1.807) is 0 Å². The molecular formula is C12H8F4N2. The van der Waals surface area contributed by atoms with E-state index in [4.69, 9.17) is 5.73 Å². The van der Waals surface area contributed by atoms with E-state index in [0.29, 0.717) is 0 Å². The normalized spacial score (nSPS) is 11.6. The fraction of sp³-hybridized carbons (Fsp3) is 0.0833. The highest BCUT2D eigenvalue weighted by Gasteiger charge is 2.30. The van der Waals surface area contributed by atoms with Crippen LogP contribution >= 0.6 is 0 Å². The van der Waals surface area contributed by atoms with Gasteiger partial charge >= 0.3 is 6.18 Å². The van der Waals surface area contributed by atoms with Crippen molar-refractivity contribution in [2.75, 3.05) is 5.73 Å². The Morgan fingerprint density at radius 3 is 2.50 bits per heavy atom. The van der Waals surface area contributed by atoms with Gasteiger partial charge in [-0.25, -0.2) is 4.39 Å². The summed E-state index contributed by atoms with van der Waals surface area (Å²) in [7, 11) is 0. The van der Waals surface area contributed by atoms with E-state index in [9.17, 15) is 17.6 Å². The summed E-state index contributed by atoms with van der Waals surface area (Å²) < 4.78 is 50.8. The topological polar surface area (TPSA) is 38.9 Å². The van der Waals surface area contributed by atoms with Gasteiger partial charge in [-0.05, 0) is 17.7 Å². The SMILES string of the molecule is Nc1c(F)cncc1-c1cccc(C(F)(F)F)c1. The van der Waals surface area contributed by atoms with Crippen LogP contribution in [0.15, 0.2) is 36.7 Å². The Bertz CT molecular complexity index is 579. The first-order chi connectivity index (χ1) is 8.39. The minimum Gasteiger partial charge on any atom is -0.396 e. The quantitative estimate of drug-likeness (QED) is 0.793. The molecule has 2 rings (SSSR count). The lowest BCUT2D eigenvalue weighted by Crippen LogP contribution is -2.05. The van der Waals surface area contributed by atoms with Gasteiger partial charge in [0.2, 0.25) is 0 Å². The molecule has 94 valence electrons. The minimum atomic E-state index is -4.45. The van der Waals surface area contributed by atoms with Crippen molar-refractivity contribution in [1.82, 2.24) is 4.98 Å². The van der Waals surface area contributed by atoms with Gasteiger partial charge in [0.1, 0.15) is 0 Å². The Labute approximate surface area is 100 Å². The van der Waals surface area contributed by atoms with Crippen LogP contribution in [0.3, 0.4) is 0 Å². The lowest BCUT2D eigenvalue weighted by Gasteiger charge is -2.10. The maximum absolute atomic E-state index is 13.2. The highest BCUT2D eigenvalue weighted by Crippen LogP contribution is 2.33. The second-order valence-corrected chi connectivity index (χ2v) is 3.66. The van der Waals surface area contributed by atoms with Gasteiger partial charge in [-0.15, -0.1) is 0 Å². The Morgan fingerprint density at radius 1 is 1.11 bits per heavy atom. The number of halogens is 4. The van der Waals surface area contributed by atoms with Crippen molar-refractivity contribution in [2.45, 2.75) is 6.18 Å². The molecule has 6 heteroatoms. The summed E-state index contributed by atoms with van der Waals surface area (Å²) in [5.41, 5.74) is 4.76. The number of nitrogens with two attached hydrogens (primary N) is 1. The predicted octanol–water partition coefficient (Wildman–Crippen LogP) is 3.49. The smallest absolute Gasteiger partial charge is 0.396 e. The highest BCUT2D eigenvalue weighted by molar-refractivity contribution is 5.76. The van der Waals surface area contributed by atoms with E-state index in [1.807, 2.05) is 0 Å². The van der Waals surface area contributed by atoms with Gasteiger partial charge < -0.3 is 5.73 Å². The average molecular weight is 256 g/mol. The molecule has 0 bridgehead atoms. The maximum Gasteiger partial charge on any atom is 0.416 e. The van der Waals surface area contributed by atoms with Gasteiger partial charge in [-0.3, -0.25) is 4.98 Å². The van der Waals surface area contributed by atoms with E-state index in [-0.39, 0.29) is 16.8 Å². The molecule has 2 nitrogen and oxygen atoms in total. The van der Waals surface area contributed by atoms with Crippen LogP contribution in [-0.2, 0) is 6.18 Å². The van der Waals surface area contributed by atoms with Crippen molar-refractivity contribution in [3.05, 3.63) is 48.0 Å². The summed E-state index contributed by atoms with van der Waals surface area (Å²) in [4.78, 5) is 3.58. The molecule has 0 atom stereocenters. The van der Waals surface area contributed by atoms with Crippen LogP contribution in [0.5, 0.6) is 0 Å². The molecule has 0 saturated heterocycles. The number of nitrogen functional groups attached to an aromatic ring is 1. The Kier molecular flexibility index (Phi) is 2.94. The molecule has 0 saturated carbocycles. The minimum absolute atomic E-state index is 0.140. The van der Waals surface area contributed by atoms with Crippen LogP contribution in [0.25, 0.3) is 11.1 Å². The van der Waals surface area contributed by atoms with Gasteiger partial charge in [0.05, 0.1) is 17.4 Å². The summed E-state index contributed by atoms with van der Waals surface area (Å²) in [6.45, 7) is 0. The van der Waals surface area contributed by atoms with E-state index in [0.717, 1.165) is 18.3 Å². The Hall–Kier alpha value is -2.11. The number of anilines is 1. The number of hydrogen-bond donors (Lipinski definition) is 1. The van der Waals surface area contributed by atoms with Crippen LogP contribution in [0.4, 0.5) is 23.2 Å². The first-order valence-corrected chi connectivity index (χ1v) is 4.96. The number of aromatic nitrogens is 1. The molecule has 0 unspecified atom stereocenters. The summed E-state index contributed by atoms with van der Waals surface area (Å²) >= 11 is 0. The fourth-order valence-corrected chi connectivity index (χ4v) is 1.54. The number of rotatable bonds is 1. The number of pyridine rings is 1. The molecule has 18 heavy (non-hydrogen) atoms. The third-order valence-electron chi connectivity index (χ3n) is 2.44. The fourth-order valence-electron chi connectivity index (χ4n) is 1.54. The molecule has 1 aromatic heterocycles. The van der Waals surface area contributed by atoms with Gasteiger partial charge in [-0.2, -0.15) is 13.2 Å². The van der Waals surface area contributed by atoms with E-state index in [2.05, 4.69) is 4.98 Å². The van der Waals surface area contributed by atoms with Crippen LogP contribution in [0, 0.1) is 5.82 Å². The average Bonchev–Trinajstić information content (AvgIpc) is 2.32. The zero-order chi connectivity index (χ0) is 13.3. The molecule has 0 fully saturated rings. The first-order valence-electron chi connectivity index (χ1n) is 4.96. The highest BCUT2D eigenvalue weighted by atomic mass is 19.4. The Balaban J connectivity index is 2.55. The van der Waals surface area contributed by atoms with Crippen LogP contribution < -0.4 is 5.73 Å². The predicted molar refractivity (Wildman–Crippen MR) is 59.0 cm³/mol. The van der Waals surface area contributed by atoms with Crippen LogP contribution in [0.1, 0.15) is 5.56 Å². The molecule has 1 heterocycles. The summed E-state index contributed by atoms with van der Waals surface area (Å²) in [6, 6.07) is 4.50. The molecule has 0 radical (unpaired) electrons. The van der Waals surface area contributed by atoms with Crippen molar-refractivity contribution < 1.29 is 17.6 Å². The second-order valence-electron chi connectivity index (χ2n) is 3.66. The molecule has 2 N–H and O–H groups in total. The third kappa shape index (κ3) is 2.27. The van der Waals surface area contributed by atoms with Crippen molar-refractivity contribution in [2.24, 2.45) is 0 Å². The van der Waals surface area contributed by atoms with Gasteiger partial charge in [-0.1, -0.05) is 12.1 Å². The van der Waals surface area contributed by atoms with Gasteiger partial charge in [0.25, 0.3) is 0 Å². The number of nitrogens with zero attached hydrogens (tertiary/aromatic N) is 1. The van der Waals surface area contributed by atoms with Crippen molar-refractivity contribution in [3.8, 4) is 11.1 Å². The molecule has 0 aliphatic carbocycles. The summed E-state index contributed by atoms with van der Waals surface area (Å²) in [6.07, 6.45) is -2.31. The van der Waals surface area contributed by atoms with Crippen molar-refractivity contribution in [1.29, 1.82) is 0 Å². The molecule has 2 aromatic rings. The molecular weight excluding hydrogens is 248 g/mol. The van der Waals surface area contributed by atoms with Crippen LogP contribution in [-0.4, -0.2) is 4.98 Å². The van der Waals surface area contributed by atoms with Crippen molar-refractivity contribution in [3.63, 3.8) is 0 Å². The Morgan fingerprint density at radius 2 is 1.83 bits per heavy atom. The second kappa shape index (κ2) is 4.29. The molecule has 0 amide bonds. The van der Waals surface area contributed by atoms with E-state index >= 15 is 0 Å². The van der Waals surface area contributed by atoms with E-state index in [1.165, 1.54) is 18.3 Å². The zero-order valence-corrected chi connectivity index (χ0v) is 9.00. The third-order valence-corrected chi connectivity index (χ3v) is 2.44. The van der Waals surface area contributed by atoms with Crippen LogP contribution in [0.2, 0.25) is 0 Å². The van der Waals surface area contributed by atoms with Gasteiger partial charge in [0, 0.05) is 11.8 Å². The van der Waals surface area contributed by atoms with E-state index < -0.39 is 17.6 Å². The molecule has 0 aliphatic heterocycles. The number of benzene rings is 1. The lowest BCUT2D eigenvalue weighted by atomic mass is 10.0. The monoisotopic (exact) mass is 256 g/mol. The molecule has 0 spiro atoms. The largest absolute Gasteiger partial charge is 0.416 e.